The van der Waals surface area contributed by atoms with Gasteiger partial charge in [-0.2, -0.15) is 0 Å². The standard InChI is InChI=1S/C14H13N3O3/c1-10-4-2-3-5-12(10)20-13(18)9-17-14(19)11-8-15-6-7-16-11/h2-8H,9H2,1H3,(H,17,19). The summed E-state index contributed by atoms with van der Waals surface area (Å²) in [6.45, 7) is 1.60. The first-order valence-corrected chi connectivity index (χ1v) is 5.97. The number of hydrogen-bond acceptors (Lipinski definition) is 5. The van der Waals surface area contributed by atoms with Gasteiger partial charge in [0.2, 0.25) is 0 Å². The zero-order valence-electron chi connectivity index (χ0n) is 10.9. The van der Waals surface area contributed by atoms with Gasteiger partial charge in [0.1, 0.15) is 18.0 Å². The van der Waals surface area contributed by atoms with Crippen molar-refractivity contribution < 1.29 is 14.3 Å². The van der Waals surface area contributed by atoms with E-state index in [1.165, 1.54) is 18.6 Å². The molecule has 0 aliphatic carbocycles. The summed E-state index contributed by atoms with van der Waals surface area (Å²) in [5.41, 5.74) is 0.997. The number of aryl methyl sites for hydroxylation is 1. The van der Waals surface area contributed by atoms with Crippen LogP contribution in [0.2, 0.25) is 0 Å². The first kappa shape index (κ1) is 13.7. The lowest BCUT2D eigenvalue weighted by Crippen LogP contribution is -2.32. The highest BCUT2D eigenvalue weighted by atomic mass is 16.5. The normalized spacial score (nSPS) is 9.85. The van der Waals surface area contributed by atoms with Crippen molar-refractivity contribution in [3.8, 4) is 5.75 Å². The van der Waals surface area contributed by atoms with E-state index in [0.717, 1.165) is 5.56 Å². The third-order valence-corrected chi connectivity index (χ3v) is 2.51. The Labute approximate surface area is 115 Å². The van der Waals surface area contributed by atoms with E-state index >= 15 is 0 Å². The fourth-order valence-electron chi connectivity index (χ4n) is 1.49. The molecule has 1 amide bonds. The summed E-state index contributed by atoms with van der Waals surface area (Å²) < 4.78 is 5.14. The van der Waals surface area contributed by atoms with Gasteiger partial charge in [-0.25, -0.2) is 9.78 Å². The Morgan fingerprint density at radius 2 is 2.05 bits per heavy atom. The van der Waals surface area contributed by atoms with Crippen LogP contribution in [-0.4, -0.2) is 28.4 Å². The highest BCUT2D eigenvalue weighted by Crippen LogP contribution is 2.15. The molecule has 0 bridgehead atoms. The third kappa shape index (κ3) is 3.61. The number of carbonyl (C=O) groups is 2. The molecule has 0 fully saturated rings. The number of para-hydroxylation sites is 1. The summed E-state index contributed by atoms with van der Waals surface area (Å²) in [6.07, 6.45) is 4.19. The molecule has 0 spiro atoms. The Bertz CT molecular complexity index is 614. The molecule has 0 radical (unpaired) electrons. The predicted molar refractivity (Wildman–Crippen MR) is 71.2 cm³/mol. The summed E-state index contributed by atoms with van der Waals surface area (Å²) in [5, 5.41) is 2.42. The number of nitrogens with one attached hydrogen (secondary N) is 1. The number of hydrogen-bond donors (Lipinski definition) is 1. The lowest BCUT2D eigenvalue weighted by atomic mass is 10.2. The van der Waals surface area contributed by atoms with E-state index in [-0.39, 0.29) is 12.2 Å². The average molecular weight is 271 g/mol. The van der Waals surface area contributed by atoms with Gasteiger partial charge in [-0.15, -0.1) is 0 Å². The van der Waals surface area contributed by atoms with Crippen molar-refractivity contribution in [1.29, 1.82) is 0 Å². The molecular formula is C14H13N3O3. The molecule has 0 atom stereocenters. The summed E-state index contributed by atoms with van der Waals surface area (Å²) in [5.74, 6) is -0.539. The van der Waals surface area contributed by atoms with Gasteiger partial charge in [-0.3, -0.25) is 9.78 Å². The van der Waals surface area contributed by atoms with E-state index in [0.29, 0.717) is 5.75 Å². The van der Waals surface area contributed by atoms with Gasteiger partial charge in [-0.1, -0.05) is 18.2 Å². The van der Waals surface area contributed by atoms with Crippen molar-refractivity contribution in [2.75, 3.05) is 6.54 Å². The number of esters is 1. The summed E-state index contributed by atoms with van der Waals surface area (Å²) in [6, 6.07) is 7.15. The second-order valence-corrected chi connectivity index (χ2v) is 4.01. The highest BCUT2D eigenvalue weighted by Gasteiger charge is 2.11. The van der Waals surface area contributed by atoms with E-state index in [1.54, 1.807) is 12.1 Å². The Balaban J connectivity index is 1.87. The fourth-order valence-corrected chi connectivity index (χ4v) is 1.49. The second kappa shape index (κ2) is 6.42. The number of benzene rings is 1. The Morgan fingerprint density at radius 3 is 2.75 bits per heavy atom. The molecule has 0 aliphatic rings. The minimum atomic E-state index is -0.545. The minimum Gasteiger partial charge on any atom is -0.425 e. The predicted octanol–water partition coefficient (Wildman–Crippen LogP) is 1.12. The number of nitrogens with zero attached hydrogens (tertiary/aromatic N) is 2. The van der Waals surface area contributed by atoms with Crippen LogP contribution in [0.25, 0.3) is 0 Å². The Hall–Kier alpha value is -2.76. The molecule has 6 heteroatoms. The minimum absolute atomic E-state index is 0.149. The highest BCUT2D eigenvalue weighted by molar-refractivity contribution is 5.94. The molecule has 102 valence electrons. The van der Waals surface area contributed by atoms with E-state index in [2.05, 4.69) is 15.3 Å². The number of amides is 1. The average Bonchev–Trinajstić information content (AvgIpc) is 2.48. The largest absolute Gasteiger partial charge is 0.425 e. The first-order chi connectivity index (χ1) is 9.66. The Kier molecular flexibility index (Phi) is 4.39. The van der Waals surface area contributed by atoms with Crippen molar-refractivity contribution in [2.45, 2.75) is 6.92 Å². The lowest BCUT2D eigenvalue weighted by molar-refractivity contribution is -0.133. The maximum absolute atomic E-state index is 11.6. The van der Waals surface area contributed by atoms with Crippen LogP contribution in [-0.2, 0) is 4.79 Å². The number of aromatic nitrogens is 2. The van der Waals surface area contributed by atoms with Crippen LogP contribution in [0, 0.1) is 6.92 Å². The topological polar surface area (TPSA) is 81.2 Å². The number of rotatable bonds is 4. The SMILES string of the molecule is Cc1ccccc1OC(=O)CNC(=O)c1cnccn1. The van der Waals surface area contributed by atoms with Crippen LogP contribution in [0.15, 0.2) is 42.9 Å². The molecule has 6 nitrogen and oxygen atoms in total. The Morgan fingerprint density at radius 1 is 1.25 bits per heavy atom. The smallest absolute Gasteiger partial charge is 0.330 e. The zero-order valence-corrected chi connectivity index (χ0v) is 10.9. The van der Waals surface area contributed by atoms with Crippen molar-refractivity contribution in [3.05, 3.63) is 54.1 Å². The van der Waals surface area contributed by atoms with Gasteiger partial charge in [0, 0.05) is 12.4 Å². The second-order valence-electron chi connectivity index (χ2n) is 4.01. The van der Waals surface area contributed by atoms with Gasteiger partial charge in [0.05, 0.1) is 6.20 Å². The quantitative estimate of drug-likeness (QED) is 0.665. The molecule has 0 aliphatic heterocycles. The molecule has 0 unspecified atom stereocenters. The van der Waals surface area contributed by atoms with Gasteiger partial charge in [-0.05, 0) is 18.6 Å². The molecule has 1 aromatic heterocycles. The van der Waals surface area contributed by atoms with Crippen molar-refractivity contribution >= 4 is 11.9 Å². The van der Waals surface area contributed by atoms with Gasteiger partial charge in [0.25, 0.3) is 5.91 Å². The number of ether oxygens (including phenoxy) is 1. The van der Waals surface area contributed by atoms with Crippen molar-refractivity contribution in [3.63, 3.8) is 0 Å². The fraction of sp³-hybridized carbons (Fsp3) is 0.143. The van der Waals surface area contributed by atoms with Crippen LogP contribution in [0.1, 0.15) is 16.1 Å². The van der Waals surface area contributed by atoms with E-state index < -0.39 is 11.9 Å². The van der Waals surface area contributed by atoms with Gasteiger partial charge < -0.3 is 10.1 Å². The molecule has 0 saturated heterocycles. The van der Waals surface area contributed by atoms with E-state index in [4.69, 9.17) is 4.74 Å². The lowest BCUT2D eigenvalue weighted by Gasteiger charge is -2.07. The van der Waals surface area contributed by atoms with Crippen LogP contribution in [0.3, 0.4) is 0 Å². The zero-order chi connectivity index (χ0) is 14.4. The molecule has 2 aromatic rings. The summed E-state index contributed by atoms with van der Waals surface area (Å²) in [7, 11) is 0. The monoisotopic (exact) mass is 271 g/mol. The summed E-state index contributed by atoms with van der Waals surface area (Å²) in [4.78, 5) is 30.9. The van der Waals surface area contributed by atoms with Gasteiger partial charge in [0.15, 0.2) is 0 Å². The molecular weight excluding hydrogens is 258 g/mol. The van der Waals surface area contributed by atoms with Gasteiger partial charge >= 0.3 is 5.97 Å². The molecule has 0 saturated carbocycles. The van der Waals surface area contributed by atoms with Crippen LogP contribution in [0.4, 0.5) is 0 Å². The third-order valence-electron chi connectivity index (χ3n) is 2.51. The molecule has 1 heterocycles. The molecule has 20 heavy (non-hydrogen) atoms. The summed E-state index contributed by atoms with van der Waals surface area (Å²) >= 11 is 0. The van der Waals surface area contributed by atoms with Crippen LogP contribution in [0.5, 0.6) is 5.75 Å². The van der Waals surface area contributed by atoms with Crippen LogP contribution >= 0.6 is 0 Å². The van der Waals surface area contributed by atoms with Crippen molar-refractivity contribution in [1.82, 2.24) is 15.3 Å². The van der Waals surface area contributed by atoms with E-state index in [9.17, 15) is 9.59 Å². The molecule has 1 N–H and O–H groups in total. The molecule has 2 rings (SSSR count). The number of carbonyl (C=O) groups excluding carboxylic acids is 2. The van der Waals surface area contributed by atoms with Crippen LogP contribution < -0.4 is 10.1 Å². The maximum Gasteiger partial charge on any atom is 0.330 e. The molecule has 1 aromatic carbocycles. The van der Waals surface area contributed by atoms with Crippen molar-refractivity contribution in [2.24, 2.45) is 0 Å². The maximum atomic E-state index is 11.6. The first-order valence-electron chi connectivity index (χ1n) is 5.97. The van der Waals surface area contributed by atoms with E-state index in [1.807, 2.05) is 19.1 Å².